The van der Waals surface area contributed by atoms with E-state index >= 15 is 0 Å². The summed E-state index contributed by atoms with van der Waals surface area (Å²) >= 11 is 5.66. The van der Waals surface area contributed by atoms with Gasteiger partial charge in [0.2, 0.25) is 0 Å². The summed E-state index contributed by atoms with van der Waals surface area (Å²) in [6.45, 7) is 3.98. The molecule has 1 aromatic heterocycles. The Morgan fingerprint density at radius 1 is 1.45 bits per heavy atom. The van der Waals surface area contributed by atoms with Gasteiger partial charge in [-0.3, -0.25) is 0 Å². The molecule has 0 radical (unpaired) electrons. The van der Waals surface area contributed by atoms with Crippen LogP contribution in [0.25, 0.3) is 0 Å². The zero-order valence-corrected chi connectivity index (χ0v) is 7.26. The highest BCUT2D eigenvalue weighted by molar-refractivity contribution is 6.29. The molecule has 1 heterocycles. The molecule has 1 aromatic rings. The van der Waals surface area contributed by atoms with Gasteiger partial charge < -0.3 is 5.73 Å². The Bertz CT molecular complexity index is 240. The van der Waals surface area contributed by atoms with Crippen LogP contribution in [0.5, 0.6) is 0 Å². The van der Waals surface area contributed by atoms with Gasteiger partial charge in [-0.2, -0.15) is 0 Å². The lowest BCUT2D eigenvalue weighted by molar-refractivity contribution is 0.777. The normalized spacial score (nSPS) is 10.5. The molecule has 0 aliphatic rings. The average molecular weight is 172 g/mol. The van der Waals surface area contributed by atoms with Crippen molar-refractivity contribution in [3.05, 3.63) is 17.0 Å². The van der Waals surface area contributed by atoms with Gasteiger partial charge in [0.05, 0.1) is 0 Å². The van der Waals surface area contributed by atoms with Crippen molar-refractivity contribution in [3.8, 4) is 0 Å². The van der Waals surface area contributed by atoms with Crippen molar-refractivity contribution in [2.75, 3.05) is 5.73 Å². The van der Waals surface area contributed by atoms with Crippen molar-refractivity contribution in [2.45, 2.75) is 19.8 Å². The minimum atomic E-state index is 0.260. The SMILES string of the molecule is CC(C)c1nc(N)cc(Cl)n1. The molecule has 2 N–H and O–H groups in total. The van der Waals surface area contributed by atoms with Crippen molar-refractivity contribution in [2.24, 2.45) is 0 Å². The van der Waals surface area contributed by atoms with Crippen molar-refractivity contribution >= 4 is 17.4 Å². The predicted molar refractivity (Wildman–Crippen MR) is 45.5 cm³/mol. The fourth-order valence-electron chi connectivity index (χ4n) is 0.711. The lowest BCUT2D eigenvalue weighted by Crippen LogP contribution is -2.00. The maximum Gasteiger partial charge on any atom is 0.134 e. The zero-order valence-electron chi connectivity index (χ0n) is 6.50. The Labute approximate surface area is 70.6 Å². The van der Waals surface area contributed by atoms with Crippen molar-refractivity contribution in [3.63, 3.8) is 0 Å². The summed E-state index contributed by atoms with van der Waals surface area (Å²) in [6, 6.07) is 1.54. The minimum absolute atomic E-state index is 0.260. The highest BCUT2D eigenvalue weighted by Gasteiger charge is 2.04. The first-order valence-corrected chi connectivity index (χ1v) is 3.77. The molecule has 0 aliphatic heterocycles. The van der Waals surface area contributed by atoms with E-state index in [0.29, 0.717) is 16.8 Å². The smallest absolute Gasteiger partial charge is 0.134 e. The van der Waals surface area contributed by atoms with E-state index in [1.54, 1.807) is 0 Å². The van der Waals surface area contributed by atoms with Crippen LogP contribution in [0.3, 0.4) is 0 Å². The van der Waals surface area contributed by atoms with E-state index in [4.69, 9.17) is 17.3 Å². The van der Waals surface area contributed by atoms with Crippen LogP contribution in [-0.2, 0) is 0 Å². The summed E-state index contributed by atoms with van der Waals surface area (Å²) in [7, 11) is 0. The lowest BCUT2D eigenvalue weighted by atomic mass is 10.2. The molecule has 0 aliphatic carbocycles. The van der Waals surface area contributed by atoms with Gasteiger partial charge >= 0.3 is 0 Å². The summed E-state index contributed by atoms with van der Waals surface area (Å²) in [5.41, 5.74) is 5.46. The average Bonchev–Trinajstić information content (AvgIpc) is 1.85. The molecular formula is C7H10ClN3. The molecular weight excluding hydrogens is 162 g/mol. The quantitative estimate of drug-likeness (QED) is 0.656. The Morgan fingerprint density at radius 2 is 2.09 bits per heavy atom. The summed E-state index contributed by atoms with van der Waals surface area (Å²) in [6.07, 6.45) is 0. The first-order valence-electron chi connectivity index (χ1n) is 3.39. The van der Waals surface area contributed by atoms with Crippen molar-refractivity contribution in [1.82, 2.24) is 9.97 Å². The molecule has 0 unspecified atom stereocenters. The molecule has 3 nitrogen and oxygen atoms in total. The Kier molecular flexibility index (Phi) is 2.29. The standard InChI is InChI=1S/C7H10ClN3/c1-4(2)7-10-5(8)3-6(9)11-7/h3-4H,1-2H3,(H2,9,10,11). The molecule has 1 rings (SSSR count). The number of hydrogen-bond acceptors (Lipinski definition) is 3. The molecule has 0 atom stereocenters. The minimum Gasteiger partial charge on any atom is -0.384 e. The fourth-order valence-corrected chi connectivity index (χ4v) is 0.910. The van der Waals surface area contributed by atoms with Gasteiger partial charge in [0.15, 0.2) is 0 Å². The Hall–Kier alpha value is -0.830. The zero-order chi connectivity index (χ0) is 8.43. The highest BCUT2D eigenvalue weighted by Crippen LogP contribution is 2.14. The van der Waals surface area contributed by atoms with Crippen LogP contribution >= 0.6 is 11.6 Å². The monoisotopic (exact) mass is 171 g/mol. The molecule has 0 saturated heterocycles. The van der Waals surface area contributed by atoms with E-state index in [1.807, 2.05) is 13.8 Å². The van der Waals surface area contributed by atoms with Gasteiger partial charge in [0.1, 0.15) is 16.8 Å². The Balaban J connectivity index is 3.08. The summed E-state index contributed by atoms with van der Waals surface area (Å²) in [5, 5.41) is 0.404. The third-order valence-corrected chi connectivity index (χ3v) is 1.44. The van der Waals surface area contributed by atoms with E-state index in [1.165, 1.54) is 6.07 Å². The van der Waals surface area contributed by atoms with Crippen LogP contribution < -0.4 is 5.73 Å². The number of anilines is 1. The molecule has 0 spiro atoms. The van der Waals surface area contributed by atoms with E-state index in [-0.39, 0.29) is 5.92 Å². The largest absolute Gasteiger partial charge is 0.384 e. The summed E-state index contributed by atoms with van der Waals surface area (Å²) in [5.74, 6) is 1.37. The fraction of sp³-hybridized carbons (Fsp3) is 0.429. The molecule has 11 heavy (non-hydrogen) atoms. The second-order valence-electron chi connectivity index (χ2n) is 2.63. The molecule has 0 saturated carbocycles. The number of halogens is 1. The van der Waals surface area contributed by atoms with Crippen LogP contribution in [0.1, 0.15) is 25.6 Å². The summed E-state index contributed by atoms with van der Waals surface area (Å²) < 4.78 is 0. The molecule has 0 fully saturated rings. The molecule has 0 bridgehead atoms. The van der Waals surface area contributed by atoms with E-state index in [9.17, 15) is 0 Å². The maximum atomic E-state index is 5.66. The molecule has 0 amide bonds. The number of rotatable bonds is 1. The summed E-state index contributed by atoms with van der Waals surface area (Å²) in [4.78, 5) is 8.02. The van der Waals surface area contributed by atoms with Gasteiger partial charge in [0.25, 0.3) is 0 Å². The van der Waals surface area contributed by atoms with Crippen LogP contribution in [-0.4, -0.2) is 9.97 Å². The lowest BCUT2D eigenvalue weighted by Gasteiger charge is -2.03. The first-order chi connectivity index (χ1) is 5.09. The van der Waals surface area contributed by atoms with Crippen molar-refractivity contribution < 1.29 is 0 Å². The van der Waals surface area contributed by atoms with Crippen molar-refractivity contribution in [1.29, 1.82) is 0 Å². The molecule has 0 aromatic carbocycles. The number of nitrogens with two attached hydrogens (primary N) is 1. The second kappa shape index (κ2) is 3.05. The van der Waals surface area contributed by atoms with Gasteiger partial charge in [-0.1, -0.05) is 25.4 Å². The van der Waals surface area contributed by atoms with E-state index in [2.05, 4.69) is 9.97 Å². The number of aromatic nitrogens is 2. The highest BCUT2D eigenvalue weighted by atomic mass is 35.5. The topological polar surface area (TPSA) is 51.8 Å². The third kappa shape index (κ3) is 2.05. The van der Waals surface area contributed by atoms with Gasteiger partial charge in [-0.25, -0.2) is 9.97 Å². The number of nitrogen functional groups attached to an aromatic ring is 1. The Morgan fingerprint density at radius 3 is 2.55 bits per heavy atom. The molecule has 4 heteroatoms. The van der Waals surface area contributed by atoms with Crippen LogP contribution in [0, 0.1) is 0 Å². The molecule has 60 valence electrons. The van der Waals surface area contributed by atoms with Crippen LogP contribution in [0.4, 0.5) is 5.82 Å². The first kappa shape index (κ1) is 8.27. The van der Waals surface area contributed by atoms with E-state index < -0.39 is 0 Å². The third-order valence-electron chi connectivity index (χ3n) is 1.25. The van der Waals surface area contributed by atoms with E-state index in [0.717, 1.165) is 0 Å². The number of hydrogen-bond donors (Lipinski definition) is 1. The second-order valence-corrected chi connectivity index (χ2v) is 3.02. The van der Waals surface area contributed by atoms with Crippen LogP contribution in [0.15, 0.2) is 6.07 Å². The maximum absolute atomic E-state index is 5.66. The van der Waals surface area contributed by atoms with Gasteiger partial charge in [0, 0.05) is 12.0 Å². The van der Waals surface area contributed by atoms with Crippen LogP contribution in [0.2, 0.25) is 5.15 Å². The predicted octanol–water partition coefficient (Wildman–Crippen LogP) is 1.84. The van der Waals surface area contributed by atoms with Gasteiger partial charge in [-0.05, 0) is 0 Å². The van der Waals surface area contributed by atoms with Gasteiger partial charge in [-0.15, -0.1) is 0 Å². The number of nitrogens with zero attached hydrogens (tertiary/aromatic N) is 2.